The maximum absolute atomic E-state index is 9.83. The highest BCUT2D eigenvalue weighted by Crippen LogP contribution is 2.34. The lowest BCUT2D eigenvalue weighted by atomic mass is 10.0. The predicted molar refractivity (Wildman–Crippen MR) is 145 cm³/mol. The van der Waals surface area contributed by atoms with Gasteiger partial charge in [0.15, 0.2) is 5.82 Å². The zero-order valence-electron chi connectivity index (χ0n) is 20.9. The number of rotatable bonds is 8. The van der Waals surface area contributed by atoms with Crippen LogP contribution in [-0.4, -0.2) is 42.3 Å². The van der Waals surface area contributed by atoms with Gasteiger partial charge in [0.1, 0.15) is 5.82 Å². The molecule has 1 unspecified atom stereocenters. The van der Waals surface area contributed by atoms with Gasteiger partial charge in [0.25, 0.3) is 5.89 Å². The van der Waals surface area contributed by atoms with Gasteiger partial charge in [-0.3, -0.25) is 9.97 Å². The van der Waals surface area contributed by atoms with E-state index in [-0.39, 0.29) is 11.8 Å². The summed E-state index contributed by atoms with van der Waals surface area (Å²) in [4.78, 5) is 18.6. The van der Waals surface area contributed by atoms with Crippen molar-refractivity contribution in [3.63, 3.8) is 0 Å². The van der Waals surface area contributed by atoms with Crippen molar-refractivity contribution in [2.75, 3.05) is 12.4 Å². The highest BCUT2D eigenvalue weighted by molar-refractivity contribution is 6.02. The monoisotopic (exact) mass is 517 g/mol. The fourth-order valence-corrected chi connectivity index (χ4v) is 4.21. The third-order valence-electron chi connectivity index (χ3n) is 6.09. The second-order valence-electron chi connectivity index (χ2n) is 8.63. The van der Waals surface area contributed by atoms with Crippen molar-refractivity contribution in [3.05, 3.63) is 103 Å². The van der Waals surface area contributed by atoms with Crippen molar-refractivity contribution in [1.82, 2.24) is 30.1 Å². The van der Waals surface area contributed by atoms with Crippen LogP contribution in [0.3, 0.4) is 0 Å². The number of nitrogens with one attached hydrogen (secondary N) is 1. The summed E-state index contributed by atoms with van der Waals surface area (Å²) in [6, 6.07) is 23.8. The van der Waals surface area contributed by atoms with Crippen molar-refractivity contribution in [1.29, 1.82) is 0 Å². The normalized spacial score (nSPS) is 11.9. The average molecular weight is 518 g/mol. The number of fused-ring (bicyclic) bond motifs is 1. The molecule has 0 saturated heterocycles. The van der Waals surface area contributed by atoms with Crippen molar-refractivity contribution in [3.8, 4) is 34.0 Å². The summed E-state index contributed by atoms with van der Waals surface area (Å²) in [5.74, 6) is 1.29. The molecule has 39 heavy (non-hydrogen) atoms. The molecular formula is C29H23N7O3. The molecule has 4 aromatic heterocycles. The first-order valence-electron chi connectivity index (χ1n) is 12.2. The number of benzene rings is 2. The van der Waals surface area contributed by atoms with Crippen LogP contribution in [0.15, 0.2) is 95.8 Å². The van der Waals surface area contributed by atoms with Crippen molar-refractivity contribution in [2.45, 2.75) is 12.8 Å². The van der Waals surface area contributed by atoms with Gasteiger partial charge in [0, 0.05) is 31.3 Å². The van der Waals surface area contributed by atoms with Gasteiger partial charge in [-0.2, -0.15) is 0 Å². The number of ether oxygens (including phenoxy) is 1. The van der Waals surface area contributed by atoms with Crippen LogP contribution >= 0.6 is 0 Å². The molecule has 6 aromatic rings. The summed E-state index contributed by atoms with van der Waals surface area (Å²) < 4.78 is 10.4. The van der Waals surface area contributed by atoms with Gasteiger partial charge in [-0.25, -0.2) is 9.97 Å². The maximum Gasteiger partial charge on any atom is 0.273 e. The minimum absolute atomic E-state index is 0.0469. The molecule has 0 bridgehead atoms. The summed E-state index contributed by atoms with van der Waals surface area (Å²) >= 11 is 0. The number of hydrogen-bond donors (Lipinski definition) is 2. The summed E-state index contributed by atoms with van der Waals surface area (Å²) in [6.07, 6.45) is 3.73. The highest BCUT2D eigenvalue weighted by Gasteiger charge is 2.18. The lowest BCUT2D eigenvalue weighted by molar-refractivity contribution is -0.0936. The molecule has 0 saturated carbocycles. The Balaban J connectivity index is 1.45. The van der Waals surface area contributed by atoms with Crippen LogP contribution in [0, 0.1) is 0 Å². The first kappa shape index (κ1) is 24.3. The lowest BCUT2D eigenvalue weighted by Gasteiger charge is -2.14. The number of aliphatic hydroxyl groups is 1. The molecule has 0 amide bonds. The molecular weight excluding hydrogens is 494 g/mol. The minimum atomic E-state index is -1.31. The third kappa shape index (κ3) is 5.06. The van der Waals surface area contributed by atoms with E-state index in [1.807, 2.05) is 54.6 Å². The summed E-state index contributed by atoms with van der Waals surface area (Å²) in [5, 5.41) is 22.1. The summed E-state index contributed by atoms with van der Waals surface area (Å²) in [5.41, 5.74) is 4.96. The fraction of sp³-hybridized carbons (Fsp3) is 0.103. The van der Waals surface area contributed by atoms with Crippen molar-refractivity contribution in [2.24, 2.45) is 0 Å². The lowest BCUT2D eigenvalue weighted by Crippen LogP contribution is -2.06. The smallest absolute Gasteiger partial charge is 0.273 e. The molecule has 4 heterocycles. The molecule has 6 rings (SSSR count). The van der Waals surface area contributed by atoms with E-state index in [9.17, 15) is 5.11 Å². The van der Waals surface area contributed by atoms with E-state index in [1.54, 1.807) is 18.6 Å². The predicted octanol–water partition coefficient (Wildman–Crippen LogP) is 5.05. The van der Waals surface area contributed by atoms with Crippen LogP contribution in [0.1, 0.15) is 17.9 Å². The number of anilines is 1. The molecule has 0 aliphatic rings. The molecule has 10 heteroatoms. The van der Waals surface area contributed by atoms with Gasteiger partial charge < -0.3 is 19.6 Å². The molecule has 0 aliphatic carbocycles. The third-order valence-corrected chi connectivity index (χ3v) is 6.09. The number of nitrogens with zero attached hydrogens (tertiary/aromatic N) is 6. The number of pyridine rings is 2. The fourth-order valence-electron chi connectivity index (χ4n) is 4.21. The Morgan fingerprint density at radius 3 is 2.56 bits per heavy atom. The molecule has 2 N–H and O–H groups in total. The standard InChI is InChI=1S/C29H23N7O3/c1-38-29(37)28-36-35-27(39-28)20-14-19(15-30-16-20)25-33-23-12-7-11-22(18-8-3-2-4-9-18)24(23)26(34-25)32-17-21-10-5-6-13-31-21/h2-16,29,37H,17H2,1H3,(H,32,33,34). The minimum Gasteiger partial charge on any atom is -0.415 e. The highest BCUT2D eigenvalue weighted by atomic mass is 16.6. The van der Waals surface area contributed by atoms with E-state index in [0.29, 0.717) is 29.3 Å². The molecule has 192 valence electrons. The number of aliphatic hydroxyl groups excluding tert-OH is 1. The Kier molecular flexibility index (Phi) is 6.69. The Morgan fingerprint density at radius 2 is 1.74 bits per heavy atom. The van der Waals surface area contributed by atoms with E-state index in [4.69, 9.17) is 19.1 Å². The molecule has 0 fully saturated rings. The van der Waals surface area contributed by atoms with E-state index < -0.39 is 6.29 Å². The van der Waals surface area contributed by atoms with Gasteiger partial charge in [-0.05, 0) is 35.4 Å². The van der Waals surface area contributed by atoms with Crippen molar-refractivity contribution < 1.29 is 14.3 Å². The Morgan fingerprint density at radius 1 is 0.897 bits per heavy atom. The quantitative estimate of drug-likeness (QED) is 0.264. The topological polar surface area (TPSA) is 132 Å². The number of methoxy groups -OCH3 is 1. The Bertz CT molecular complexity index is 1730. The first-order valence-corrected chi connectivity index (χ1v) is 12.2. The second-order valence-corrected chi connectivity index (χ2v) is 8.63. The van der Waals surface area contributed by atoms with Crippen LogP contribution in [-0.2, 0) is 11.3 Å². The summed E-state index contributed by atoms with van der Waals surface area (Å²) in [7, 11) is 1.34. The molecule has 2 aromatic carbocycles. The van der Waals surface area contributed by atoms with Crippen LogP contribution in [0.5, 0.6) is 0 Å². The zero-order valence-corrected chi connectivity index (χ0v) is 20.9. The maximum atomic E-state index is 9.83. The SMILES string of the molecule is COC(O)c1nnc(-c2cncc(-c3nc(NCc4ccccn4)c4c(-c5ccccc5)cccc4n3)c2)o1. The molecule has 0 radical (unpaired) electrons. The molecule has 1 atom stereocenters. The van der Waals surface area contributed by atoms with Gasteiger partial charge in [0.2, 0.25) is 12.2 Å². The van der Waals surface area contributed by atoms with Crippen molar-refractivity contribution >= 4 is 16.7 Å². The second kappa shape index (κ2) is 10.7. The van der Waals surface area contributed by atoms with E-state index in [1.165, 1.54) is 7.11 Å². The van der Waals surface area contributed by atoms with E-state index in [0.717, 1.165) is 27.7 Å². The average Bonchev–Trinajstić information content (AvgIpc) is 3.51. The van der Waals surface area contributed by atoms with Gasteiger partial charge in [-0.1, -0.05) is 48.5 Å². The first-order chi connectivity index (χ1) is 19.2. The molecule has 0 spiro atoms. The van der Waals surface area contributed by atoms with E-state index >= 15 is 0 Å². The Labute approximate surface area is 223 Å². The Hall–Kier alpha value is -5.06. The van der Waals surface area contributed by atoms with Gasteiger partial charge >= 0.3 is 0 Å². The zero-order chi connectivity index (χ0) is 26.6. The van der Waals surface area contributed by atoms with Crippen LogP contribution in [0.25, 0.3) is 44.9 Å². The van der Waals surface area contributed by atoms with Crippen LogP contribution < -0.4 is 5.32 Å². The largest absolute Gasteiger partial charge is 0.415 e. The number of hydrogen-bond acceptors (Lipinski definition) is 10. The van der Waals surface area contributed by atoms with E-state index in [2.05, 4.69) is 43.7 Å². The van der Waals surface area contributed by atoms with Gasteiger partial charge in [-0.15, -0.1) is 10.2 Å². The summed E-state index contributed by atoms with van der Waals surface area (Å²) in [6.45, 7) is 0.487. The van der Waals surface area contributed by atoms with Crippen LogP contribution in [0.2, 0.25) is 0 Å². The molecule has 0 aliphatic heterocycles. The number of aromatic nitrogens is 6. The van der Waals surface area contributed by atoms with Gasteiger partial charge in [0.05, 0.1) is 28.7 Å². The van der Waals surface area contributed by atoms with Crippen LogP contribution in [0.4, 0.5) is 5.82 Å². The molecule has 10 nitrogen and oxygen atoms in total.